The number of carbonyl (C=O) groups excluding carboxylic acids is 3. The summed E-state index contributed by atoms with van der Waals surface area (Å²) in [4.78, 5) is 41.1. The van der Waals surface area contributed by atoms with Gasteiger partial charge in [-0.05, 0) is 54.2 Å². The molecule has 1 fully saturated rings. The van der Waals surface area contributed by atoms with E-state index in [4.69, 9.17) is 4.74 Å². The summed E-state index contributed by atoms with van der Waals surface area (Å²) in [5.41, 5.74) is 4.57. The van der Waals surface area contributed by atoms with Gasteiger partial charge in [0.05, 0.1) is 13.0 Å². The molecule has 0 radical (unpaired) electrons. The van der Waals surface area contributed by atoms with Crippen molar-refractivity contribution in [1.82, 2.24) is 15.5 Å². The minimum atomic E-state index is -0.206. The first kappa shape index (κ1) is 25.5. The number of amides is 3. The molecule has 0 saturated carbocycles. The van der Waals surface area contributed by atoms with Crippen molar-refractivity contribution in [1.29, 1.82) is 0 Å². The van der Waals surface area contributed by atoms with Gasteiger partial charge in [0.2, 0.25) is 11.8 Å². The minimum Gasteiger partial charge on any atom is -0.491 e. The Kier molecular flexibility index (Phi) is 7.73. The lowest BCUT2D eigenvalue weighted by Crippen LogP contribution is -2.48. The Balaban J connectivity index is 1.33. The highest BCUT2D eigenvalue weighted by Crippen LogP contribution is 2.28. The Morgan fingerprint density at radius 3 is 2.39 bits per heavy atom. The van der Waals surface area contributed by atoms with Crippen LogP contribution >= 0.6 is 0 Å². The SMILES string of the molecule is Cc1ccc2cc1OCCNC(=O)C[C@@H]1CC[C@H](CNC2=O)N1C(=O)Cc1ccc(-c2ccccc2)cc1. The lowest BCUT2D eigenvalue weighted by molar-refractivity contribution is -0.134. The van der Waals surface area contributed by atoms with E-state index < -0.39 is 0 Å². The van der Waals surface area contributed by atoms with Crippen LogP contribution in [0, 0.1) is 6.92 Å². The maximum Gasteiger partial charge on any atom is 0.251 e. The van der Waals surface area contributed by atoms with Crippen molar-refractivity contribution in [3.63, 3.8) is 0 Å². The molecular weight excluding hydrogens is 478 g/mol. The normalized spacial score (nSPS) is 20.0. The summed E-state index contributed by atoms with van der Waals surface area (Å²) in [6, 6.07) is 23.1. The van der Waals surface area contributed by atoms with Crippen LogP contribution in [0.4, 0.5) is 0 Å². The number of nitrogens with one attached hydrogen (secondary N) is 2. The highest BCUT2D eigenvalue weighted by atomic mass is 16.5. The Morgan fingerprint density at radius 1 is 0.895 bits per heavy atom. The second-order valence-corrected chi connectivity index (χ2v) is 10.0. The van der Waals surface area contributed by atoms with Crippen LogP contribution in [0.15, 0.2) is 72.8 Å². The third-order valence-electron chi connectivity index (χ3n) is 7.38. The van der Waals surface area contributed by atoms with Crippen LogP contribution in [0.25, 0.3) is 11.1 Å². The van der Waals surface area contributed by atoms with Crippen molar-refractivity contribution in [3.8, 4) is 16.9 Å². The van der Waals surface area contributed by atoms with Crippen LogP contribution in [0.1, 0.15) is 40.7 Å². The van der Waals surface area contributed by atoms with E-state index in [1.807, 2.05) is 60.4 Å². The summed E-state index contributed by atoms with van der Waals surface area (Å²) in [7, 11) is 0. The molecule has 0 unspecified atom stereocenters. The topological polar surface area (TPSA) is 87.7 Å². The molecule has 0 aromatic heterocycles. The predicted molar refractivity (Wildman–Crippen MR) is 146 cm³/mol. The van der Waals surface area contributed by atoms with Crippen molar-refractivity contribution >= 4 is 17.7 Å². The van der Waals surface area contributed by atoms with E-state index in [-0.39, 0.29) is 42.6 Å². The summed E-state index contributed by atoms with van der Waals surface area (Å²) in [5.74, 6) is 0.288. The number of rotatable bonds is 3. The quantitative estimate of drug-likeness (QED) is 0.559. The molecule has 196 valence electrons. The van der Waals surface area contributed by atoms with Crippen molar-refractivity contribution < 1.29 is 19.1 Å². The summed E-state index contributed by atoms with van der Waals surface area (Å²) < 4.78 is 5.81. The van der Waals surface area contributed by atoms with Crippen LogP contribution in [0.2, 0.25) is 0 Å². The number of ether oxygens (including phenoxy) is 1. The second kappa shape index (κ2) is 11.5. The van der Waals surface area contributed by atoms with Crippen molar-refractivity contribution in [2.75, 3.05) is 19.7 Å². The predicted octanol–water partition coefficient (Wildman–Crippen LogP) is 3.89. The maximum atomic E-state index is 13.6. The van der Waals surface area contributed by atoms with Gasteiger partial charge in [0.1, 0.15) is 12.4 Å². The number of aryl methyl sites for hydroxylation is 1. The average Bonchev–Trinajstić information content (AvgIpc) is 3.33. The van der Waals surface area contributed by atoms with Gasteiger partial charge in [-0.25, -0.2) is 0 Å². The second-order valence-electron chi connectivity index (χ2n) is 10.0. The van der Waals surface area contributed by atoms with Crippen LogP contribution in [-0.4, -0.2) is 54.4 Å². The van der Waals surface area contributed by atoms with E-state index in [1.165, 1.54) is 0 Å². The zero-order valence-corrected chi connectivity index (χ0v) is 21.6. The van der Waals surface area contributed by atoms with E-state index in [1.54, 1.807) is 12.1 Å². The summed E-state index contributed by atoms with van der Waals surface area (Å²) >= 11 is 0. The largest absolute Gasteiger partial charge is 0.491 e. The molecule has 5 rings (SSSR count). The van der Waals surface area contributed by atoms with Gasteiger partial charge in [-0.3, -0.25) is 14.4 Å². The van der Waals surface area contributed by atoms with E-state index in [2.05, 4.69) is 22.8 Å². The highest BCUT2D eigenvalue weighted by molar-refractivity contribution is 5.94. The molecule has 4 bridgehead atoms. The smallest absolute Gasteiger partial charge is 0.251 e. The molecular formula is C31H33N3O4. The van der Waals surface area contributed by atoms with Crippen molar-refractivity contribution in [2.24, 2.45) is 0 Å². The molecule has 7 heteroatoms. The molecule has 2 N–H and O–H groups in total. The van der Waals surface area contributed by atoms with Gasteiger partial charge in [-0.2, -0.15) is 0 Å². The van der Waals surface area contributed by atoms with Gasteiger partial charge >= 0.3 is 0 Å². The standard InChI is InChI=1S/C31H33N3O4/c1-21-7-10-25-18-28(21)38-16-15-32-29(35)19-26-13-14-27(20-33-31(25)37)34(26)30(36)17-22-8-11-24(12-9-22)23-5-3-2-4-6-23/h2-12,18,26-27H,13-17,19-20H2,1H3,(H,32,35)(H,33,37)/t26-,27+/m0/s1. The number of fused-ring (bicyclic) bond motifs is 4. The van der Waals surface area contributed by atoms with E-state index in [9.17, 15) is 14.4 Å². The fourth-order valence-electron chi connectivity index (χ4n) is 5.33. The van der Waals surface area contributed by atoms with Gasteiger partial charge in [0.15, 0.2) is 0 Å². The van der Waals surface area contributed by atoms with E-state index in [0.29, 0.717) is 31.0 Å². The van der Waals surface area contributed by atoms with Crippen LogP contribution in [0.3, 0.4) is 0 Å². The number of nitrogens with zero attached hydrogens (tertiary/aromatic N) is 1. The Morgan fingerprint density at radius 2 is 1.61 bits per heavy atom. The van der Waals surface area contributed by atoms with E-state index in [0.717, 1.165) is 35.1 Å². The number of hydrogen-bond acceptors (Lipinski definition) is 4. The number of benzene rings is 3. The van der Waals surface area contributed by atoms with Gasteiger partial charge in [0.25, 0.3) is 5.91 Å². The lowest BCUT2D eigenvalue weighted by Gasteiger charge is -2.30. The van der Waals surface area contributed by atoms with Crippen LogP contribution < -0.4 is 15.4 Å². The Hall–Kier alpha value is -4.13. The van der Waals surface area contributed by atoms with Gasteiger partial charge in [-0.15, -0.1) is 0 Å². The summed E-state index contributed by atoms with van der Waals surface area (Å²) in [6.07, 6.45) is 1.93. The fraction of sp³-hybridized carbons (Fsp3) is 0.323. The first-order chi connectivity index (χ1) is 18.5. The van der Waals surface area contributed by atoms with Crippen molar-refractivity contribution in [2.45, 2.75) is 44.7 Å². The van der Waals surface area contributed by atoms with Gasteiger partial charge in [0, 0.05) is 30.6 Å². The fourth-order valence-corrected chi connectivity index (χ4v) is 5.33. The van der Waals surface area contributed by atoms with Gasteiger partial charge < -0.3 is 20.3 Å². The van der Waals surface area contributed by atoms with Crippen LogP contribution in [0.5, 0.6) is 5.75 Å². The number of carbonyl (C=O) groups is 3. The first-order valence-electron chi connectivity index (χ1n) is 13.2. The molecule has 2 aliphatic heterocycles. The number of hydrogen-bond donors (Lipinski definition) is 2. The molecule has 2 aliphatic rings. The average molecular weight is 512 g/mol. The molecule has 2 atom stereocenters. The van der Waals surface area contributed by atoms with Crippen LogP contribution in [-0.2, 0) is 16.0 Å². The van der Waals surface area contributed by atoms with Crippen molar-refractivity contribution in [3.05, 3.63) is 89.5 Å². The Labute approximate surface area is 223 Å². The third-order valence-corrected chi connectivity index (χ3v) is 7.38. The molecule has 3 aromatic rings. The Bertz CT molecular complexity index is 1310. The maximum absolute atomic E-state index is 13.6. The molecule has 7 nitrogen and oxygen atoms in total. The monoisotopic (exact) mass is 511 g/mol. The van der Waals surface area contributed by atoms with Gasteiger partial charge in [-0.1, -0.05) is 60.7 Å². The highest BCUT2D eigenvalue weighted by Gasteiger charge is 2.38. The third kappa shape index (κ3) is 5.88. The first-order valence-corrected chi connectivity index (χ1v) is 13.2. The zero-order chi connectivity index (χ0) is 26.5. The molecule has 2 heterocycles. The molecule has 3 aromatic carbocycles. The minimum absolute atomic E-state index is 0.0303. The summed E-state index contributed by atoms with van der Waals surface area (Å²) in [5, 5.41) is 5.92. The molecule has 3 amide bonds. The van der Waals surface area contributed by atoms with E-state index >= 15 is 0 Å². The summed E-state index contributed by atoms with van der Waals surface area (Å²) in [6.45, 7) is 2.90. The lowest BCUT2D eigenvalue weighted by atomic mass is 10.0. The molecule has 0 spiro atoms. The molecule has 0 aliphatic carbocycles. The molecule has 38 heavy (non-hydrogen) atoms. The zero-order valence-electron chi connectivity index (χ0n) is 21.6. The molecule has 1 saturated heterocycles.